The smallest absolute Gasteiger partial charge is 0.128 e. The Balaban J connectivity index is 2.70. The molecule has 0 bridgehead atoms. The first-order valence-corrected chi connectivity index (χ1v) is 14.1. The summed E-state index contributed by atoms with van der Waals surface area (Å²) in [5.41, 5.74) is 1.54. The van der Waals surface area contributed by atoms with Gasteiger partial charge in [-0.2, -0.15) is 0 Å². The van der Waals surface area contributed by atoms with Crippen molar-refractivity contribution in [3.8, 4) is 0 Å². The van der Waals surface area contributed by atoms with Crippen molar-refractivity contribution >= 4 is 27.1 Å². The number of nitrogens with zero attached hydrogens (tertiary/aromatic N) is 1. The highest BCUT2D eigenvalue weighted by atomic mass is 28.4. The van der Waals surface area contributed by atoms with E-state index in [1.54, 1.807) is 0 Å². The van der Waals surface area contributed by atoms with Crippen LogP contribution in [0.3, 0.4) is 0 Å². The second kappa shape index (κ2) is 4.77. The van der Waals surface area contributed by atoms with E-state index in [2.05, 4.69) is 44.3 Å². The van der Waals surface area contributed by atoms with Crippen LogP contribution in [0.4, 0.5) is 4.39 Å². The Morgan fingerprint density at radius 2 is 1.40 bits per heavy atom. The van der Waals surface area contributed by atoms with Crippen LogP contribution < -0.4 is 0 Å². The van der Waals surface area contributed by atoms with E-state index in [1.807, 2.05) is 36.4 Å². The van der Waals surface area contributed by atoms with E-state index in [4.69, 9.17) is 0 Å². The van der Waals surface area contributed by atoms with Crippen LogP contribution >= 0.6 is 0 Å². The van der Waals surface area contributed by atoms with Crippen LogP contribution in [0.1, 0.15) is 5.69 Å². The summed E-state index contributed by atoms with van der Waals surface area (Å²) in [5.74, 6) is 0. The van der Waals surface area contributed by atoms with E-state index in [1.165, 1.54) is 0 Å². The molecule has 0 radical (unpaired) electrons. The number of alkyl halides is 1. The molecule has 0 aliphatic carbocycles. The number of pyridine rings is 1. The van der Waals surface area contributed by atoms with Gasteiger partial charge in [-0.3, -0.25) is 4.98 Å². The lowest BCUT2D eigenvalue weighted by molar-refractivity contribution is 0.358. The van der Waals surface area contributed by atoms with Crippen molar-refractivity contribution in [1.82, 2.24) is 4.98 Å². The molecule has 20 heavy (non-hydrogen) atoms. The van der Waals surface area contributed by atoms with Crippen molar-refractivity contribution in [2.45, 2.75) is 44.2 Å². The fraction of sp³-hybridized carbons (Fsp3) is 0.438. The van der Waals surface area contributed by atoms with E-state index in [-0.39, 0.29) is 0 Å². The molecule has 0 fully saturated rings. The fourth-order valence-corrected chi connectivity index (χ4v) is 14.0. The van der Waals surface area contributed by atoms with Crippen molar-refractivity contribution in [2.75, 3.05) is 0 Å². The van der Waals surface area contributed by atoms with Gasteiger partial charge in [-0.05, 0) is 12.1 Å². The van der Waals surface area contributed by atoms with Gasteiger partial charge < -0.3 is 0 Å². The highest BCUT2D eigenvalue weighted by Gasteiger charge is 2.55. The Morgan fingerprint density at radius 1 is 0.850 bits per heavy atom. The van der Waals surface area contributed by atoms with E-state index >= 15 is 4.39 Å². The van der Waals surface area contributed by atoms with Gasteiger partial charge in [-0.1, -0.05) is 63.5 Å². The number of para-hydroxylation sites is 1. The van der Waals surface area contributed by atoms with Gasteiger partial charge in [0.15, 0.2) is 0 Å². The van der Waals surface area contributed by atoms with Crippen LogP contribution in [0.2, 0.25) is 39.3 Å². The molecule has 2 aromatic rings. The molecular formula is C16H24FNSi2. The fourth-order valence-electron chi connectivity index (χ4n) is 3.15. The minimum Gasteiger partial charge on any atom is -0.250 e. The molecule has 0 aliphatic heterocycles. The average molecular weight is 306 g/mol. The van der Waals surface area contributed by atoms with Crippen molar-refractivity contribution in [3.05, 3.63) is 42.1 Å². The van der Waals surface area contributed by atoms with Gasteiger partial charge in [0.1, 0.15) is 4.92 Å². The number of fused-ring (bicyclic) bond motifs is 1. The summed E-state index contributed by atoms with van der Waals surface area (Å²) in [7, 11) is -4.08. The molecule has 1 aromatic carbocycles. The Labute approximate surface area is 123 Å². The number of rotatable bonds is 3. The molecule has 108 valence electrons. The van der Waals surface area contributed by atoms with Crippen molar-refractivity contribution in [1.29, 1.82) is 0 Å². The molecule has 0 N–H and O–H groups in total. The summed E-state index contributed by atoms with van der Waals surface area (Å²) in [6.45, 7) is 12.7. The van der Waals surface area contributed by atoms with Gasteiger partial charge >= 0.3 is 0 Å². The number of benzene rings is 1. The molecule has 0 aliphatic rings. The van der Waals surface area contributed by atoms with E-state index < -0.39 is 21.1 Å². The van der Waals surface area contributed by atoms with Crippen LogP contribution in [0.25, 0.3) is 10.9 Å². The minimum absolute atomic E-state index is 0.648. The zero-order valence-electron chi connectivity index (χ0n) is 13.3. The molecule has 0 unspecified atom stereocenters. The zero-order valence-corrected chi connectivity index (χ0v) is 15.3. The first-order chi connectivity index (χ1) is 9.07. The SMILES string of the molecule is C[Si](C)(C)C(F)(c1ccc2ccccc2n1)[Si](C)(C)C. The van der Waals surface area contributed by atoms with Gasteiger partial charge in [0.05, 0.1) is 27.4 Å². The normalized spacial score (nSPS) is 13.8. The Morgan fingerprint density at radius 3 is 1.95 bits per heavy atom. The molecular weight excluding hydrogens is 281 g/mol. The summed E-state index contributed by atoms with van der Waals surface area (Å²) in [6.07, 6.45) is 0. The van der Waals surface area contributed by atoms with Crippen molar-refractivity contribution in [3.63, 3.8) is 0 Å². The molecule has 0 saturated heterocycles. The molecule has 1 heterocycles. The van der Waals surface area contributed by atoms with Gasteiger partial charge in [0, 0.05) is 5.39 Å². The monoisotopic (exact) mass is 305 g/mol. The molecule has 0 spiro atoms. The average Bonchev–Trinajstić information content (AvgIpc) is 2.34. The van der Waals surface area contributed by atoms with Crippen LogP contribution in [0.5, 0.6) is 0 Å². The second-order valence-electron chi connectivity index (χ2n) is 7.55. The number of hydrogen-bond donors (Lipinski definition) is 0. The molecule has 1 nitrogen and oxygen atoms in total. The van der Waals surface area contributed by atoms with E-state index in [9.17, 15) is 0 Å². The van der Waals surface area contributed by atoms with Gasteiger partial charge in [-0.25, -0.2) is 4.39 Å². The van der Waals surface area contributed by atoms with Crippen LogP contribution in [-0.2, 0) is 4.92 Å². The minimum atomic E-state index is -2.04. The van der Waals surface area contributed by atoms with Crippen molar-refractivity contribution in [2.24, 2.45) is 0 Å². The molecule has 1 aromatic heterocycles. The molecule has 0 atom stereocenters. The predicted molar refractivity (Wildman–Crippen MR) is 91.2 cm³/mol. The summed E-state index contributed by atoms with van der Waals surface area (Å²) in [4.78, 5) is 3.46. The zero-order chi connectivity index (χ0) is 15.2. The quantitative estimate of drug-likeness (QED) is 0.714. The second-order valence-corrected chi connectivity index (χ2v) is 18.4. The summed E-state index contributed by atoms with van der Waals surface area (Å²) in [5, 5.41) is 1.07. The first-order valence-electron chi connectivity index (χ1n) is 7.12. The molecule has 0 amide bonds. The molecule has 4 heteroatoms. The third kappa shape index (κ3) is 2.35. The largest absolute Gasteiger partial charge is 0.250 e. The van der Waals surface area contributed by atoms with Gasteiger partial charge in [-0.15, -0.1) is 0 Å². The third-order valence-corrected chi connectivity index (χ3v) is 13.2. The lowest BCUT2D eigenvalue weighted by atomic mass is 10.2. The standard InChI is InChI=1S/C16H24FNSi2/c1-19(2,3)16(17,20(4,5)6)15-12-11-13-9-7-8-10-14(13)18-15/h7-12H,1-6H3. The van der Waals surface area contributed by atoms with Crippen LogP contribution in [0.15, 0.2) is 36.4 Å². The van der Waals surface area contributed by atoms with Gasteiger partial charge in [0.25, 0.3) is 0 Å². The maximum atomic E-state index is 16.1. The topological polar surface area (TPSA) is 12.9 Å². The predicted octanol–water partition coefficient (Wildman–Crippen LogP) is 5.15. The highest BCUT2D eigenvalue weighted by molar-refractivity contribution is 6.97. The van der Waals surface area contributed by atoms with E-state index in [0.717, 1.165) is 10.9 Å². The Hall–Kier alpha value is -1.01. The summed E-state index contributed by atoms with van der Waals surface area (Å²) in [6, 6.07) is 11.8. The van der Waals surface area contributed by atoms with Crippen LogP contribution in [0, 0.1) is 0 Å². The third-order valence-electron chi connectivity index (χ3n) is 4.02. The number of aromatic nitrogens is 1. The van der Waals surface area contributed by atoms with E-state index in [0.29, 0.717) is 5.69 Å². The summed E-state index contributed by atoms with van der Waals surface area (Å²) >= 11 is 0. The van der Waals surface area contributed by atoms with Gasteiger partial charge in [0.2, 0.25) is 0 Å². The lowest BCUT2D eigenvalue weighted by Crippen LogP contribution is -2.61. The maximum absolute atomic E-state index is 16.1. The highest BCUT2D eigenvalue weighted by Crippen LogP contribution is 2.43. The first kappa shape index (κ1) is 15.4. The molecule has 0 saturated carbocycles. The molecule has 2 rings (SSSR count). The Bertz CT molecular complexity index is 612. The maximum Gasteiger partial charge on any atom is 0.128 e. The number of halogens is 1. The number of hydrogen-bond acceptors (Lipinski definition) is 1. The Kier molecular flexibility index (Phi) is 3.67. The van der Waals surface area contributed by atoms with Crippen LogP contribution in [-0.4, -0.2) is 21.1 Å². The van der Waals surface area contributed by atoms with Crippen molar-refractivity contribution < 1.29 is 4.39 Å². The summed E-state index contributed by atoms with van der Waals surface area (Å²) < 4.78 is 16.1. The lowest BCUT2D eigenvalue weighted by Gasteiger charge is -2.44.